The minimum atomic E-state index is -0.748. The summed E-state index contributed by atoms with van der Waals surface area (Å²) in [5, 5.41) is 12.9. The van der Waals surface area contributed by atoms with Crippen LogP contribution in [0.1, 0.15) is 6.92 Å². The predicted octanol–water partition coefficient (Wildman–Crippen LogP) is 2.56. The molecule has 2 N–H and O–H groups in total. The molecule has 1 aliphatic heterocycles. The predicted molar refractivity (Wildman–Crippen MR) is 90.1 cm³/mol. The lowest BCUT2D eigenvalue weighted by molar-refractivity contribution is -0.119. The second-order valence-corrected chi connectivity index (χ2v) is 5.24. The van der Waals surface area contributed by atoms with Crippen molar-refractivity contribution in [2.45, 2.75) is 6.92 Å². The van der Waals surface area contributed by atoms with Crippen molar-refractivity contribution in [1.29, 1.82) is 0 Å². The molecule has 0 radical (unpaired) electrons. The average Bonchev–Trinajstić information content (AvgIpc) is 2.57. The Morgan fingerprint density at radius 1 is 1.29 bits per heavy atom. The molecule has 0 bridgehead atoms. The van der Waals surface area contributed by atoms with Crippen molar-refractivity contribution in [2.24, 2.45) is 10.9 Å². The number of nitrogens with zero attached hydrogens (tertiary/aromatic N) is 1. The number of aliphatic hydroxyl groups excluding tert-OH is 1. The van der Waals surface area contributed by atoms with Gasteiger partial charge in [0.15, 0.2) is 0 Å². The van der Waals surface area contributed by atoms with Crippen LogP contribution in [-0.2, 0) is 9.59 Å². The van der Waals surface area contributed by atoms with Gasteiger partial charge in [0.05, 0.1) is 18.2 Å². The Morgan fingerprint density at radius 3 is 2.75 bits per heavy atom. The van der Waals surface area contributed by atoms with E-state index in [1.165, 1.54) is 0 Å². The number of hydrogen-bond acceptors (Lipinski definition) is 4. The van der Waals surface area contributed by atoms with Crippen LogP contribution < -0.4 is 10.1 Å². The van der Waals surface area contributed by atoms with Crippen LogP contribution in [0.5, 0.6) is 5.75 Å². The second-order valence-electron chi connectivity index (χ2n) is 5.24. The van der Waals surface area contributed by atoms with E-state index in [2.05, 4.69) is 10.3 Å². The number of rotatable bonds is 4. The molecule has 0 saturated heterocycles. The zero-order valence-electron chi connectivity index (χ0n) is 13.0. The van der Waals surface area contributed by atoms with Crippen molar-refractivity contribution >= 4 is 23.2 Å². The van der Waals surface area contributed by atoms with Gasteiger partial charge in [0.25, 0.3) is 11.8 Å². The molecule has 6 heteroatoms. The molecule has 122 valence electrons. The molecule has 24 heavy (non-hydrogen) atoms. The summed E-state index contributed by atoms with van der Waals surface area (Å²) in [6, 6.07) is 6.74. The summed E-state index contributed by atoms with van der Waals surface area (Å²) in [7, 11) is 0. The van der Waals surface area contributed by atoms with Gasteiger partial charge in [0, 0.05) is 5.69 Å². The smallest absolute Gasteiger partial charge is 0.286 e. The van der Waals surface area contributed by atoms with E-state index in [0.29, 0.717) is 23.8 Å². The summed E-state index contributed by atoms with van der Waals surface area (Å²) in [5.41, 5.74) is 0.584. The van der Waals surface area contributed by atoms with Crippen molar-refractivity contribution in [3.8, 4) is 5.75 Å². The number of dihydropyridines is 1. The number of carbonyl (C=O) groups excluding carboxylic acids is 2. The van der Waals surface area contributed by atoms with Crippen LogP contribution in [0.25, 0.3) is 0 Å². The number of ether oxygens (including phenoxy) is 1. The van der Waals surface area contributed by atoms with E-state index in [0.717, 1.165) is 0 Å². The Kier molecular flexibility index (Phi) is 4.29. The number of amides is 2. The Bertz CT molecular complexity index is 801. The van der Waals surface area contributed by atoms with Crippen LogP contribution in [0.4, 0.5) is 5.69 Å². The third kappa shape index (κ3) is 2.99. The third-order valence-corrected chi connectivity index (χ3v) is 3.65. The van der Waals surface area contributed by atoms with E-state index in [1.54, 1.807) is 48.6 Å². The first-order valence-electron chi connectivity index (χ1n) is 7.55. The molecule has 2 aliphatic rings. The van der Waals surface area contributed by atoms with Gasteiger partial charge in [0.2, 0.25) is 0 Å². The SMILES string of the molecule is CCOc1ccc(NC(=O)C2=C(O)C3C=CC=CC3=NC2=O)cc1. The molecule has 1 unspecified atom stereocenters. The van der Waals surface area contributed by atoms with E-state index in [9.17, 15) is 14.7 Å². The Labute approximate surface area is 138 Å². The molecule has 1 aromatic carbocycles. The number of allylic oxidation sites excluding steroid dienone is 4. The molecule has 1 aromatic rings. The number of fused-ring (bicyclic) bond motifs is 1. The highest BCUT2D eigenvalue weighted by molar-refractivity contribution is 6.28. The monoisotopic (exact) mass is 324 g/mol. The van der Waals surface area contributed by atoms with Crippen molar-refractivity contribution in [3.05, 3.63) is 59.9 Å². The van der Waals surface area contributed by atoms with Crippen molar-refractivity contribution < 1.29 is 19.4 Å². The molecule has 3 rings (SSSR count). The number of carbonyl (C=O) groups is 2. The Balaban J connectivity index is 1.80. The fourth-order valence-corrected chi connectivity index (χ4v) is 2.52. The average molecular weight is 324 g/mol. The highest BCUT2D eigenvalue weighted by atomic mass is 16.5. The van der Waals surface area contributed by atoms with Crippen LogP contribution in [0, 0.1) is 5.92 Å². The molecule has 0 fully saturated rings. The van der Waals surface area contributed by atoms with Gasteiger partial charge in [-0.2, -0.15) is 0 Å². The molecule has 0 aromatic heterocycles. The lowest BCUT2D eigenvalue weighted by Crippen LogP contribution is -2.30. The summed E-state index contributed by atoms with van der Waals surface area (Å²) < 4.78 is 5.33. The zero-order valence-corrected chi connectivity index (χ0v) is 13.0. The molecular weight excluding hydrogens is 308 g/mol. The highest BCUT2D eigenvalue weighted by Gasteiger charge is 2.33. The lowest BCUT2D eigenvalue weighted by Gasteiger charge is -2.21. The number of nitrogens with one attached hydrogen (secondary N) is 1. The minimum Gasteiger partial charge on any atom is -0.510 e. The Hall–Kier alpha value is -3.15. The highest BCUT2D eigenvalue weighted by Crippen LogP contribution is 2.26. The minimum absolute atomic E-state index is 0.283. The quantitative estimate of drug-likeness (QED) is 0.833. The van der Waals surface area contributed by atoms with E-state index < -0.39 is 17.7 Å². The molecule has 1 aliphatic carbocycles. The van der Waals surface area contributed by atoms with Gasteiger partial charge >= 0.3 is 0 Å². The van der Waals surface area contributed by atoms with Gasteiger partial charge in [-0.3, -0.25) is 9.59 Å². The lowest BCUT2D eigenvalue weighted by atomic mass is 9.90. The van der Waals surface area contributed by atoms with E-state index in [1.807, 2.05) is 6.92 Å². The molecule has 1 heterocycles. The fraction of sp³-hybridized carbons (Fsp3) is 0.167. The van der Waals surface area contributed by atoms with Gasteiger partial charge in [0.1, 0.15) is 17.1 Å². The number of anilines is 1. The first-order valence-corrected chi connectivity index (χ1v) is 7.55. The number of hydrogen-bond donors (Lipinski definition) is 2. The molecule has 2 amide bonds. The van der Waals surface area contributed by atoms with Gasteiger partial charge in [-0.1, -0.05) is 18.2 Å². The first-order chi connectivity index (χ1) is 11.6. The third-order valence-electron chi connectivity index (χ3n) is 3.65. The topological polar surface area (TPSA) is 88.0 Å². The summed E-state index contributed by atoms with van der Waals surface area (Å²) in [6.45, 7) is 2.42. The maximum Gasteiger partial charge on any atom is 0.286 e. The van der Waals surface area contributed by atoms with Crippen LogP contribution >= 0.6 is 0 Å². The maximum atomic E-state index is 12.4. The van der Waals surface area contributed by atoms with Crippen LogP contribution in [0.2, 0.25) is 0 Å². The number of benzene rings is 1. The van der Waals surface area contributed by atoms with Gasteiger partial charge in [-0.15, -0.1) is 0 Å². The summed E-state index contributed by atoms with van der Waals surface area (Å²) in [6.07, 6.45) is 6.78. The van der Waals surface area contributed by atoms with Crippen LogP contribution in [0.3, 0.4) is 0 Å². The fourth-order valence-electron chi connectivity index (χ4n) is 2.52. The normalized spacial score (nSPS) is 19.0. The maximum absolute atomic E-state index is 12.4. The summed E-state index contributed by atoms with van der Waals surface area (Å²) in [4.78, 5) is 28.3. The second kappa shape index (κ2) is 6.54. The molecule has 1 atom stereocenters. The number of aliphatic imine (C=N–C) groups is 1. The molecule has 0 spiro atoms. The van der Waals surface area contributed by atoms with Crippen LogP contribution in [0.15, 0.2) is 64.9 Å². The molecule has 0 saturated carbocycles. The van der Waals surface area contributed by atoms with E-state index >= 15 is 0 Å². The van der Waals surface area contributed by atoms with Gasteiger partial charge < -0.3 is 15.2 Å². The summed E-state index contributed by atoms with van der Waals surface area (Å²) >= 11 is 0. The van der Waals surface area contributed by atoms with Crippen LogP contribution in [-0.4, -0.2) is 29.2 Å². The number of aliphatic hydroxyl groups is 1. The van der Waals surface area contributed by atoms with E-state index in [4.69, 9.17) is 4.74 Å². The van der Waals surface area contributed by atoms with Crippen molar-refractivity contribution in [2.75, 3.05) is 11.9 Å². The standard InChI is InChI=1S/C18H16N2O4/c1-2-24-12-9-7-11(8-10-12)19-17(22)15-16(21)13-5-3-4-6-14(13)20-18(15)23/h3-10,13,21H,2H2,1H3,(H,19,22). The first kappa shape index (κ1) is 15.7. The Morgan fingerprint density at radius 2 is 2.04 bits per heavy atom. The largest absolute Gasteiger partial charge is 0.510 e. The van der Waals surface area contributed by atoms with Crippen molar-refractivity contribution in [3.63, 3.8) is 0 Å². The molecular formula is C18H16N2O4. The molecule has 6 nitrogen and oxygen atoms in total. The van der Waals surface area contributed by atoms with E-state index in [-0.39, 0.29) is 11.3 Å². The zero-order chi connectivity index (χ0) is 17.1. The van der Waals surface area contributed by atoms with Gasteiger partial charge in [-0.25, -0.2) is 4.99 Å². The summed E-state index contributed by atoms with van der Waals surface area (Å²) in [5.74, 6) is -1.60. The van der Waals surface area contributed by atoms with Gasteiger partial charge in [-0.05, 0) is 37.3 Å². The van der Waals surface area contributed by atoms with Crippen molar-refractivity contribution in [1.82, 2.24) is 0 Å².